The van der Waals surface area contributed by atoms with Gasteiger partial charge in [0.1, 0.15) is 12.6 Å². The van der Waals surface area contributed by atoms with Crippen molar-refractivity contribution < 1.29 is 18.0 Å². The van der Waals surface area contributed by atoms with E-state index >= 15 is 0 Å². The van der Waals surface area contributed by atoms with Gasteiger partial charge in [0.2, 0.25) is 21.8 Å². The first-order valence-electron chi connectivity index (χ1n) is 11.0. The molecule has 0 fully saturated rings. The van der Waals surface area contributed by atoms with E-state index in [1.807, 2.05) is 40.7 Å². The van der Waals surface area contributed by atoms with E-state index < -0.39 is 34.1 Å². The summed E-state index contributed by atoms with van der Waals surface area (Å²) in [7, 11) is -3.78. The van der Waals surface area contributed by atoms with Crippen molar-refractivity contribution >= 4 is 39.1 Å². The van der Waals surface area contributed by atoms with Gasteiger partial charge in [0.05, 0.1) is 11.9 Å². The van der Waals surface area contributed by atoms with Crippen molar-refractivity contribution in [2.24, 2.45) is 0 Å². The molecular formula is C25H34ClN3O4S. The van der Waals surface area contributed by atoms with Gasteiger partial charge in [0, 0.05) is 17.1 Å². The van der Waals surface area contributed by atoms with Crippen LogP contribution in [0, 0.1) is 13.8 Å². The van der Waals surface area contributed by atoms with Crippen molar-refractivity contribution in [2.75, 3.05) is 17.1 Å². The molecule has 0 unspecified atom stereocenters. The molecule has 0 spiro atoms. The molecule has 2 rings (SSSR count). The van der Waals surface area contributed by atoms with E-state index in [0.717, 1.165) is 21.7 Å². The number of nitrogens with one attached hydrogen (secondary N) is 1. The molecule has 1 N–H and O–H groups in total. The lowest BCUT2D eigenvalue weighted by atomic mass is 10.1. The topological polar surface area (TPSA) is 86.8 Å². The number of anilines is 1. The van der Waals surface area contributed by atoms with Crippen LogP contribution in [0.15, 0.2) is 42.5 Å². The van der Waals surface area contributed by atoms with Crippen molar-refractivity contribution in [1.29, 1.82) is 0 Å². The summed E-state index contributed by atoms with van der Waals surface area (Å²) in [5.41, 5.74) is 2.26. The number of benzene rings is 2. The zero-order chi connectivity index (χ0) is 25.8. The number of hydrogen-bond acceptors (Lipinski definition) is 4. The first-order valence-corrected chi connectivity index (χ1v) is 13.2. The highest BCUT2D eigenvalue weighted by Gasteiger charge is 2.32. The molecule has 0 aliphatic rings. The van der Waals surface area contributed by atoms with Crippen LogP contribution in [0.4, 0.5) is 5.69 Å². The van der Waals surface area contributed by atoms with Gasteiger partial charge in [-0.05, 0) is 70.4 Å². The lowest BCUT2D eigenvalue weighted by Crippen LogP contribution is -2.54. The summed E-state index contributed by atoms with van der Waals surface area (Å²) in [6, 6.07) is 11.5. The van der Waals surface area contributed by atoms with E-state index in [1.165, 1.54) is 4.90 Å². The van der Waals surface area contributed by atoms with Gasteiger partial charge >= 0.3 is 0 Å². The highest BCUT2D eigenvalue weighted by molar-refractivity contribution is 7.92. The minimum atomic E-state index is -3.78. The predicted octanol–water partition coefficient (Wildman–Crippen LogP) is 4.05. The quantitative estimate of drug-likeness (QED) is 0.583. The number of aryl methyl sites for hydroxylation is 1. The van der Waals surface area contributed by atoms with Gasteiger partial charge < -0.3 is 10.2 Å². The number of carbonyl (C=O) groups is 2. The van der Waals surface area contributed by atoms with Crippen LogP contribution in [0.2, 0.25) is 5.02 Å². The van der Waals surface area contributed by atoms with Crippen molar-refractivity contribution in [1.82, 2.24) is 10.2 Å². The average Bonchev–Trinajstić information content (AvgIpc) is 2.71. The maximum Gasteiger partial charge on any atom is 0.244 e. The van der Waals surface area contributed by atoms with E-state index in [4.69, 9.17) is 11.6 Å². The molecule has 186 valence electrons. The number of carbonyl (C=O) groups excluding carboxylic acids is 2. The van der Waals surface area contributed by atoms with E-state index in [2.05, 4.69) is 5.32 Å². The number of amides is 2. The standard InChI is InChI=1S/C25H34ClN3O4S/c1-17-11-10-14-22(18(17)2)29(34(7,32)33)16-23(30)28(15-20-12-8-9-13-21(20)26)19(3)24(31)27-25(4,5)6/h8-14,19H,15-16H2,1-7H3,(H,27,31)/t19-/m0/s1. The molecule has 9 heteroatoms. The fourth-order valence-electron chi connectivity index (χ4n) is 3.47. The zero-order valence-corrected chi connectivity index (χ0v) is 22.4. The molecule has 0 saturated heterocycles. The van der Waals surface area contributed by atoms with Crippen molar-refractivity contribution in [3.8, 4) is 0 Å². The molecular weight excluding hydrogens is 474 g/mol. The molecule has 0 aromatic heterocycles. The number of hydrogen-bond donors (Lipinski definition) is 1. The third-order valence-electron chi connectivity index (χ3n) is 5.49. The van der Waals surface area contributed by atoms with E-state index in [9.17, 15) is 18.0 Å². The molecule has 2 amide bonds. The second kappa shape index (κ2) is 10.8. The average molecular weight is 508 g/mol. The fraction of sp³-hybridized carbons (Fsp3) is 0.440. The number of rotatable bonds is 8. The monoisotopic (exact) mass is 507 g/mol. The Hall–Kier alpha value is -2.58. The van der Waals surface area contributed by atoms with Crippen LogP contribution in [-0.4, -0.2) is 49.5 Å². The van der Waals surface area contributed by atoms with Crippen molar-refractivity contribution in [3.05, 3.63) is 64.2 Å². The Bertz CT molecular complexity index is 1160. The molecule has 0 aliphatic heterocycles. The summed E-state index contributed by atoms with van der Waals surface area (Å²) in [6.45, 7) is 10.5. The van der Waals surface area contributed by atoms with Crippen LogP contribution < -0.4 is 9.62 Å². The van der Waals surface area contributed by atoms with Gasteiger partial charge in [-0.1, -0.05) is 41.9 Å². The first-order chi connectivity index (χ1) is 15.6. The van der Waals surface area contributed by atoms with Gasteiger partial charge in [0.25, 0.3) is 0 Å². The third kappa shape index (κ3) is 7.21. The summed E-state index contributed by atoms with van der Waals surface area (Å²) in [5, 5.41) is 3.35. The molecule has 0 bridgehead atoms. The van der Waals surface area contributed by atoms with Crippen LogP contribution in [-0.2, 0) is 26.2 Å². The Kier molecular flexibility index (Phi) is 8.77. The Morgan fingerprint density at radius 3 is 2.24 bits per heavy atom. The molecule has 34 heavy (non-hydrogen) atoms. The summed E-state index contributed by atoms with van der Waals surface area (Å²) in [6.07, 6.45) is 1.07. The zero-order valence-electron chi connectivity index (χ0n) is 20.8. The van der Waals surface area contributed by atoms with Gasteiger partial charge in [-0.25, -0.2) is 8.42 Å². The highest BCUT2D eigenvalue weighted by Crippen LogP contribution is 2.26. The van der Waals surface area contributed by atoms with E-state index in [1.54, 1.807) is 43.3 Å². The van der Waals surface area contributed by atoms with Gasteiger partial charge in [-0.3, -0.25) is 13.9 Å². The second-order valence-electron chi connectivity index (χ2n) is 9.52. The lowest BCUT2D eigenvalue weighted by Gasteiger charge is -2.33. The van der Waals surface area contributed by atoms with Gasteiger partial charge in [-0.15, -0.1) is 0 Å². The van der Waals surface area contributed by atoms with Crippen LogP contribution >= 0.6 is 11.6 Å². The normalized spacial score (nSPS) is 12.7. The predicted molar refractivity (Wildman–Crippen MR) is 137 cm³/mol. The Morgan fingerprint density at radius 2 is 1.68 bits per heavy atom. The van der Waals surface area contributed by atoms with Gasteiger partial charge in [0.15, 0.2) is 0 Å². The van der Waals surface area contributed by atoms with Crippen molar-refractivity contribution in [3.63, 3.8) is 0 Å². The van der Waals surface area contributed by atoms with Crippen molar-refractivity contribution in [2.45, 2.75) is 59.7 Å². The molecule has 0 saturated carbocycles. The smallest absolute Gasteiger partial charge is 0.244 e. The number of sulfonamides is 1. The Labute approximate surface area is 208 Å². The number of nitrogens with zero attached hydrogens (tertiary/aromatic N) is 2. The SMILES string of the molecule is Cc1cccc(N(CC(=O)N(Cc2ccccc2Cl)[C@@H](C)C(=O)NC(C)(C)C)S(C)(=O)=O)c1C. The van der Waals surface area contributed by atoms with E-state index in [-0.39, 0.29) is 12.5 Å². The maximum absolute atomic E-state index is 13.6. The molecule has 1 atom stereocenters. The molecule has 2 aromatic rings. The fourth-order valence-corrected chi connectivity index (χ4v) is 4.56. The molecule has 0 aliphatic carbocycles. The van der Waals surface area contributed by atoms with Crippen LogP contribution in [0.3, 0.4) is 0 Å². The highest BCUT2D eigenvalue weighted by atomic mass is 35.5. The Balaban J connectivity index is 2.47. The largest absolute Gasteiger partial charge is 0.350 e. The summed E-state index contributed by atoms with van der Waals surface area (Å²) >= 11 is 6.33. The van der Waals surface area contributed by atoms with Gasteiger partial charge in [-0.2, -0.15) is 0 Å². The number of halogens is 1. The van der Waals surface area contributed by atoms with E-state index in [0.29, 0.717) is 16.3 Å². The maximum atomic E-state index is 13.6. The summed E-state index contributed by atoms with van der Waals surface area (Å²) < 4.78 is 26.5. The Morgan fingerprint density at radius 1 is 1.06 bits per heavy atom. The third-order valence-corrected chi connectivity index (χ3v) is 6.98. The molecule has 2 aromatic carbocycles. The minimum Gasteiger partial charge on any atom is -0.350 e. The summed E-state index contributed by atoms with van der Waals surface area (Å²) in [5.74, 6) is -0.853. The van der Waals surface area contributed by atoms with Crippen LogP contribution in [0.25, 0.3) is 0 Å². The van der Waals surface area contributed by atoms with Crippen LogP contribution in [0.1, 0.15) is 44.4 Å². The molecule has 7 nitrogen and oxygen atoms in total. The lowest BCUT2D eigenvalue weighted by molar-refractivity contribution is -0.140. The first kappa shape index (κ1) is 27.7. The molecule has 0 radical (unpaired) electrons. The van der Waals surface area contributed by atoms with Crippen LogP contribution in [0.5, 0.6) is 0 Å². The minimum absolute atomic E-state index is 0.0572. The molecule has 0 heterocycles. The summed E-state index contributed by atoms with van der Waals surface area (Å²) in [4.78, 5) is 27.9. The second-order valence-corrected chi connectivity index (χ2v) is 11.8.